The lowest BCUT2D eigenvalue weighted by Crippen LogP contribution is -2.26. The van der Waals surface area contributed by atoms with Crippen molar-refractivity contribution in [2.75, 3.05) is 0 Å². The van der Waals surface area contributed by atoms with E-state index in [0.717, 1.165) is 18.2 Å². The summed E-state index contributed by atoms with van der Waals surface area (Å²) < 4.78 is 12.4. The Morgan fingerprint density at radius 3 is 2.75 bits per heavy atom. The molecule has 0 amide bonds. The molecule has 0 saturated heterocycles. The van der Waals surface area contributed by atoms with Crippen molar-refractivity contribution in [1.29, 1.82) is 0 Å². The van der Waals surface area contributed by atoms with Gasteiger partial charge in [-0.15, -0.1) is 0 Å². The molecule has 1 heterocycles. The first-order valence-corrected chi connectivity index (χ1v) is 4.35. The molecule has 0 aromatic carbocycles. The van der Waals surface area contributed by atoms with E-state index < -0.39 is 5.95 Å². The van der Waals surface area contributed by atoms with Gasteiger partial charge in [0, 0.05) is 6.20 Å². The summed E-state index contributed by atoms with van der Waals surface area (Å²) in [4.78, 5) is 3.62. The van der Waals surface area contributed by atoms with Gasteiger partial charge < -0.3 is 0 Å². The first kappa shape index (κ1) is 9.23. The summed E-state index contributed by atoms with van der Waals surface area (Å²) in [6.45, 7) is 4.77. The molecule has 0 bridgehead atoms. The molecule has 0 fully saturated rings. The van der Waals surface area contributed by atoms with Gasteiger partial charge in [0.1, 0.15) is 0 Å². The zero-order valence-electron chi connectivity index (χ0n) is 7.55. The molecule has 1 aromatic heterocycles. The van der Waals surface area contributed by atoms with Crippen molar-refractivity contribution in [2.24, 2.45) is 0 Å². The van der Waals surface area contributed by atoms with Crippen LogP contribution in [0, 0.1) is 5.95 Å². The van der Waals surface area contributed by atoms with Gasteiger partial charge in [0.25, 0.3) is 0 Å². The highest BCUT2D eigenvalue weighted by molar-refractivity contribution is 6.71. The van der Waals surface area contributed by atoms with Gasteiger partial charge in [-0.2, -0.15) is 4.39 Å². The summed E-state index contributed by atoms with van der Waals surface area (Å²) in [7, 11) is 0. The molecule has 0 unspecified atom stereocenters. The zero-order valence-corrected chi connectivity index (χ0v) is 7.55. The number of hydrogen-bond acceptors (Lipinski definition) is 1. The Hall–Kier alpha value is -0.855. The summed E-state index contributed by atoms with van der Waals surface area (Å²) in [6.07, 6.45) is 3.90. The fourth-order valence-corrected chi connectivity index (χ4v) is 1.28. The number of rotatable bonds is 3. The number of nitrogens with zero attached hydrogens (tertiary/aromatic N) is 1. The maximum atomic E-state index is 12.4. The van der Waals surface area contributed by atoms with E-state index in [-0.39, 0.29) is 0 Å². The summed E-state index contributed by atoms with van der Waals surface area (Å²) >= 11 is 0. The van der Waals surface area contributed by atoms with Gasteiger partial charge in [0.05, 0.1) is 0 Å². The Balaban J connectivity index is 2.68. The van der Waals surface area contributed by atoms with Crippen LogP contribution >= 0.6 is 0 Å². The van der Waals surface area contributed by atoms with E-state index in [0.29, 0.717) is 6.71 Å². The molecule has 0 aliphatic rings. The third-order valence-electron chi connectivity index (χ3n) is 2.04. The summed E-state index contributed by atoms with van der Waals surface area (Å²) in [6, 6.07) is 3.23. The predicted molar refractivity (Wildman–Crippen MR) is 50.5 cm³/mol. The molecular formula is C9H13BFN. The average Bonchev–Trinajstić information content (AvgIpc) is 2.06. The number of pyridine rings is 1. The Bertz CT molecular complexity index is 235. The van der Waals surface area contributed by atoms with E-state index in [1.807, 2.05) is 6.07 Å². The maximum absolute atomic E-state index is 12.4. The second-order valence-corrected chi connectivity index (χ2v) is 3.10. The van der Waals surface area contributed by atoms with Crippen molar-refractivity contribution >= 4 is 12.2 Å². The largest absolute Gasteiger partial charge is 0.229 e. The van der Waals surface area contributed by atoms with Crippen molar-refractivity contribution in [1.82, 2.24) is 4.98 Å². The predicted octanol–water partition coefficient (Wildman–Crippen LogP) is 1.96. The van der Waals surface area contributed by atoms with Crippen molar-refractivity contribution in [3.63, 3.8) is 0 Å². The van der Waals surface area contributed by atoms with Crippen molar-refractivity contribution < 1.29 is 4.39 Å². The summed E-state index contributed by atoms with van der Waals surface area (Å²) in [5, 5.41) is 0. The molecule has 1 nitrogen and oxygen atoms in total. The number of hydrogen-bond donors (Lipinski definition) is 0. The second-order valence-electron chi connectivity index (χ2n) is 3.10. The van der Waals surface area contributed by atoms with Crippen LogP contribution in [0.1, 0.15) is 13.3 Å². The highest BCUT2D eigenvalue weighted by atomic mass is 19.1. The first-order chi connectivity index (χ1) is 5.74. The van der Waals surface area contributed by atoms with Gasteiger partial charge in [-0.1, -0.05) is 38.0 Å². The van der Waals surface area contributed by atoms with E-state index in [1.165, 1.54) is 6.07 Å². The monoisotopic (exact) mass is 165 g/mol. The number of halogens is 1. The van der Waals surface area contributed by atoms with Crippen LogP contribution in [-0.4, -0.2) is 11.7 Å². The quantitative estimate of drug-likeness (QED) is 0.492. The van der Waals surface area contributed by atoms with Crippen LogP contribution in [0.4, 0.5) is 4.39 Å². The van der Waals surface area contributed by atoms with E-state index >= 15 is 0 Å². The minimum atomic E-state index is -0.401. The highest BCUT2D eigenvalue weighted by Crippen LogP contribution is 1.97. The third-order valence-corrected chi connectivity index (χ3v) is 2.04. The fourth-order valence-electron chi connectivity index (χ4n) is 1.28. The molecule has 0 saturated carbocycles. The fraction of sp³-hybridized carbons (Fsp3) is 0.444. The molecule has 64 valence electrons. The van der Waals surface area contributed by atoms with Crippen LogP contribution in [0.3, 0.4) is 0 Å². The molecular weight excluding hydrogens is 152 g/mol. The lowest BCUT2D eigenvalue weighted by atomic mass is 9.45. The zero-order chi connectivity index (χ0) is 8.97. The van der Waals surface area contributed by atoms with Crippen LogP contribution in [0.25, 0.3) is 0 Å². The van der Waals surface area contributed by atoms with Gasteiger partial charge in [0.2, 0.25) is 5.95 Å². The summed E-state index contributed by atoms with van der Waals surface area (Å²) in [5.41, 5.74) is 1.12. The van der Waals surface area contributed by atoms with Gasteiger partial charge in [-0.05, 0) is 6.07 Å². The molecule has 0 atom stereocenters. The molecule has 0 aliphatic heterocycles. The Morgan fingerprint density at radius 2 is 2.25 bits per heavy atom. The van der Waals surface area contributed by atoms with E-state index in [9.17, 15) is 4.39 Å². The first-order valence-electron chi connectivity index (χ1n) is 4.35. The Morgan fingerprint density at radius 1 is 1.50 bits per heavy atom. The lowest BCUT2D eigenvalue weighted by Gasteiger charge is -2.04. The minimum Gasteiger partial charge on any atom is -0.229 e. The molecule has 3 heteroatoms. The normalized spacial score (nSPS) is 9.92. The smallest absolute Gasteiger partial charge is 0.212 e. The molecule has 1 aromatic rings. The molecule has 1 rings (SSSR count). The van der Waals surface area contributed by atoms with Crippen molar-refractivity contribution in [3.05, 3.63) is 24.3 Å². The summed E-state index contributed by atoms with van der Waals surface area (Å²) in [5.74, 6) is -0.401. The van der Waals surface area contributed by atoms with E-state index in [2.05, 4.69) is 18.7 Å². The number of aromatic nitrogens is 1. The Kier molecular flexibility index (Phi) is 3.26. The molecule has 0 spiro atoms. The van der Waals surface area contributed by atoms with E-state index in [4.69, 9.17) is 0 Å². The van der Waals surface area contributed by atoms with Crippen molar-refractivity contribution in [2.45, 2.75) is 26.5 Å². The van der Waals surface area contributed by atoms with Crippen molar-refractivity contribution in [3.8, 4) is 0 Å². The highest BCUT2D eigenvalue weighted by Gasteiger charge is 2.08. The molecule has 0 radical (unpaired) electrons. The SMILES string of the molecule is CCCB(C)c1ccc(F)nc1. The van der Waals surface area contributed by atoms with Gasteiger partial charge in [-0.3, -0.25) is 0 Å². The maximum Gasteiger partial charge on any atom is 0.212 e. The van der Waals surface area contributed by atoms with Gasteiger partial charge in [0.15, 0.2) is 6.71 Å². The third kappa shape index (κ3) is 2.33. The van der Waals surface area contributed by atoms with Crippen LogP contribution < -0.4 is 5.46 Å². The lowest BCUT2D eigenvalue weighted by molar-refractivity contribution is 0.584. The van der Waals surface area contributed by atoms with E-state index in [1.54, 1.807) is 6.20 Å². The van der Waals surface area contributed by atoms with Crippen LogP contribution in [-0.2, 0) is 0 Å². The second kappa shape index (κ2) is 4.24. The molecule has 0 aliphatic carbocycles. The van der Waals surface area contributed by atoms with Crippen LogP contribution in [0.15, 0.2) is 18.3 Å². The topological polar surface area (TPSA) is 12.9 Å². The van der Waals surface area contributed by atoms with Crippen LogP contribution in [0.2, 0.25) is 13.1 Å². The van der Waals surface area contributed by atoms with Crippen LogP contribution in [0.5, 0.6) is 0 Å². The Labute approximate surface area is 73.1 Å². The average molecular weight is 165 g/mol. The van der Waals surface area contributed by atoms with Gasteiger partial charge in [-0.25, -0.2) is 4.98 Å². The standard InChI is InChI=1S/C9H13BFN/c1-3-6-10(2)8-4-5-9(11)12-7-8/h4-5,7H,3,6H2,1-2H3. The van der Waals surface area contributed by atoms with Gasteiger partial charge >= 0.3 is 0 Å². The molecule has 12 heavy (non-hydrogen) atoms. The minimum absolute atomic E-state index is 0.401. The molecule has 0 N–H and O–H groups in total.